The van der Waals surface area contributed by atoms with E-state index in [1.165, 1.54) is 148 Å². The number of hydrogen-bond donors (Lipinski definition) is 0. The third kappa shape index (κ3) is 60.3. The van der Waals surface area contributed by atoms with E-state index >= 15 is 0 Å². The molecule has 75 heavy (non-hydrogen) atoms. The molecular formula is C65H116NO8P. The zero-order valence-electron chi connectivity index (χ0n) is 49.2. The van der Waals surface area contributed by atoms with Gasteiger partial charge in [0.1, 0.15) is 19.8 Å². The van der Waals surface area contributed by atoms with E-state index in [2.05, 4.69) is 98.9 Å². The number of quaternary nitrogens is 1. The second kappa shape index (κ2) is 55.9. The Labute approximate surface area is 462 Å². The lowest BCUT2D eigenvalue weighted by molar-refractivity contribution is -0.870. The van der Waals surface area contributed by atoms with Gasteiger partial charge in [0.25, 0.3) is 7.82 Å². The van der Waals surface area contributed by atoms with E-state index < -0.39 is 26.5 Å². The summed E-state index contributed by atoms with van der Waals surface area (Å²) in [4.78, 5) is 37.8. The molecule has 0 fully saturated rings. The zero-order valence-corrected chi connectivity index (χ0v) is 50.1. The standard InChI is InChI=1S/C65H116NO8P/c1-6-8-10-12-14-16-18-20-22-23-24-25-26-27-28-29-30-31-32-33-34-35-36-37-38-39-40-41-42-43-44-46-48-50-52-54-56-58-65(68)74-63(62-73-75(69,70)72-60-59-66(3,4)5)61-71-64(67)57-55-53-51-49-47-45-21-19-17-15-13-11-9-7-2/h8,10,14,16,20,22,24-25,27-28,30-31,33-34,63H,6-7,9,11-13,15,17-19,21,23,26,29,32,35-62H2,1-5H3/b10-8-,16-14-,22-20-,25-24-,28-27-,31-30-,34-33-. The molecule has 2 atom stereocenters. The summed E-state index contributed by atoms with van der Waals surface area (Å²) in [5.74, 6) is -0.826. The molecule has 0 aliphatic rings. The fourth-order valence-electron chi connectivity index (χ4n) is 8.46. The average molecular weight is 1070 g/mol. The van der Waals surface area contributed by atoms with Crippen molar-refractivity contribution < 1.29 is 42.1 Å². The summed E-state index contributed by atoms with van der Waals surface area (Å²) in [6.07, 6.45) is 75.0. The smallest absolute Gasteiger partial charge is 0.306 e. The number of phosphoric acid groups is 1. The summed E-state index contributed by atoms with van der Waals surface area (Å²) in [7, 11) is 1.17. The van der Waals surface area contributed by atoms with Gasteiger partial charge in [-0.2, -0.15) is 0 Å². The van der Waals surface area contributed by atoms with Crippen molar-refractivity contribution in [1.29, 1.82) is 0 Å². The zero-order chi connectivity index (χ0) is 54.9. The number of phosphoric ester groups is 1. The number of carbonyl (C=O) groups excluding carboxylic acids is 2. The van der Waals surface area contributed by atoms with Gasteiger partial charge in [0.05, 0.1) is 27.7 Å². The van der Waals surface area contributed by atoms with Crippen LogP contribution in [0.25, 0.3) is 0 Å². The van der Waals surface area contributed by atoms with Crippen molar-refractivity contribution in [2.45, 2.75) is 270 Å². The van der Waals surface area contributed by atoms with Gasteiger partial charge in [0.15, 0.2) is 6.10 Å². The fraction of sp³-hybridized carbons (Fsp3) is 0.754. The summed E-state index contributed by atoms with van der Waals surface area (Å²) >= 11 is 0. The Morgan fingerprint density at radius 3 is 1.13 bits per heavy atom. The Bertz CT molecular complexity index is 1540. The minimum absolute atomic E-state index is 0.0312. The number of rotatable bonds is 56. The quantitative estimate of drug-likeness (QED) is 0.0195. The topological polar surface area (TPSA) is 111 Å². The number of allylic oxidation sites excluding steroid dienone is 14. The molecule has 0 aliphatic heterocycles. The Morgan fingerprint density at radius 1 is 0.427 bits per heavy atom. The molecule has 0 aliphatic carbocycles. The van der Waals surface area contributed by atoms with Gasteiger partial charge in [-0.1, -0.05) is 266 Å². The predicted molar refractivity (Wildman–Crippen MR) is 319 cm³/mol. The fourth-order valence-corrected chi connectivity index (χ4v) is 9.19. The van der Waals surface area contributed by atoms with Crippen molar-refractivity contribution in [2.75, 3.05) is 47.5 Å². The van der Waals surface area contributed by atoms with Gasteiger partial charge < -0.3 is 27.9 Å². The Kier molecular flexibility index (Phi) is 53.8. The molecule has 0 aromatic carbocycles. The molecule has 0 saturated carbocycles. The Morgan fingerprint density at radius 2 is 0.760 bits per heavy atom. The maximum absolute atomic E-state index is 12.8. The molecule has 0 aromatic rings. The van der Waals surface area contributed by atoms with Crippen LogP contribution >= 0.6 is 7.82 Å². The maximum atomic E-state index is 12.8. The lowest BCUT2D eigenvalue weighted by Crippen LogP contribution is -2.37. The van der Waals surface area contributed by atoms with E-state index in [1.54, 1.807) is 0 Å². The number of ether oxygens (including phenoxy) is 2. The van der Waals surface area contributed by atoms with Gasteiger partial charge in [-0.15, -0.1) is 0 Å². The SMILES string of the molecule is CC/C=C\C/C=C\C/C=C\C/C=C\C/C=C\C/C=C\C/C=C\CCCCCCCCCCCCCCCCCC(=O)OC(COC(=O)CCCCCCCCCCCCCCCC)COP(=O)([O-])OCC[N+](C)(C)C. The summed E-state index contributed by atoms with van der Waals surface area (Å²) in [5, 5.41) is 0. The van der Waals surface area contributed by atoms with Crippen molar-refractivity contribution in [3.8, 4) is 0 Å². The molecule has 0 radical (unpaired) electrons. The molecule has 0 heterocycles. The maximum Gasteiger partial charge on any atom is 0.306 e. The van der Waals surface area contributed by atoms with E-state index in [4.69, 9.17) is 18.5 Å². The first-order valence-electron chi connectivity index (χ1n) is 30.8. The van der Waals surface area contributed by atoms with Crippen molar-refractivity contribution in [2.24, 2.45) is 0 Å². The Balaban J connectivity index is 4.01. The van der Waals surface area contributed by atoms with Gasteiger partial charge in [0.2, 0.25) is 0 Å². The normalized spacial score (nSPS) is 13.8. The summed E-state index contributed by atoms with van der Waals surface area (Å²) in [6.45, 7) is 4.14. The van der Waals surface area contributed by atoms with Crippen molar-refractivity contribution in [1.82, 2.24) is 0 Å². The lowest BCUT2D eigenvalue weighted by Gasteiger charge is -2.28. The van der Waals surface area contributed by atoms with Crippen molar-refractivity contribution >= 4 is 19.8 Å². The molecule has 0 spiro atoms. The summed E-state index contributed by atoms with van der Waals surface area (Å²) in [6, 6.07) is 0. The van der Waals surface area contributed by atoms with Gasteiger partial charge in [0, 0.05) is 12.8 Å². The minimum atomic E-state index is -4.63. The second-order valence-corrected chi connectivity index (χ2v) is 23.1. The van der Waals surface area contributed by atoms with Crippen LogP contribution in [0.2, 0.25) is 0 Å². The summed E-state index contributed by atoms with van der Waals surface area (Å²) < 4.78 is 34.2. The third-order valence-corrected chi connectivity index (χ3v) is 14.1. The van der Waals surface area contributed by atoms with Crippen molar-refractivity contribution in [3.63, 3.8) is 0 Å². The third-order valence-electron chi connectivity index (χ3n) is 13.2. The van der Waals surface area contributed by atoms with Gasteiger partial charge in [-0.25, -0.2) is 0 Å². The molecule has 10 heteroatoms. The number of unbranched alkanes of at least 4 members (excludes halogenated alkanes) is 28. The average Bonchev–Trinajstić information content (AvgIpc) is 3.37. The van der Waals surface area contributed by atoms with Crippen LogP contribution in [0.1, 0.15) is 264 Å². The van der Waals surface area contributed by atoms with Crippen LogP contribution in [0.15, 0.2) is 85.1 Å². The molecule has 0 amide bonds. The van der Waals surface area contributed by atoms with Crippen LogP contribution in [0.5, 0.6) is 0 Å². The molecule has 2 unspecified atom stereocenters. The Hall–Kier alpha value is -2.81. The first-order chi connectivity index (χ1) is 36.5. The molecule has 0 aromatic heterocycles. The first kappa shape index (κ1) is 72.2. The summed E-state index contributed by atoms with van der Waals surface area (Å²) in [5.41, 5.74) is 0. The van der Waals surface area contributed by atoms with Crippen LogP contribution < -0.4 is 4.89 Å². The van der Waals surface area contributed by atoms with Crippen molar-refractivity contribution in [3.05, 3.63) is 85.1 Å². The number of likely N-dealkylation sites (N-methyl/N-ethyl adjacent to an activating group) is 1. The van der Waals surface area contributed by atoms with Crippen LogP contribution in [0, 0.1) is 0 Å². The molecule has 434 valence electrons. The highest BCUT2D eigenvalue weighted by Gasteiger charge is 2.22. The minimum Gasteiger partial charge on any atom is -0.756 e. The van der Waals surface area contributed by atoms with Crippen LogP contribution in [-0.2, 0) is 32.7 Å². The molecule has 9 nitrogen and oxygen atoms in total. The lowest BCUT2D eigenvalue weighted by atomic mass is 10.0. The van der Waals surface area contributed by atoms with Crippen LogP contribution in [0.4, 0.5) is 0 Å². The number of esters is 2. The second-order valence-electron chi connectivity index (χ2n) is 21.7. The number of nitrogens with zero attached hydrogens (tertiary/aromatic N) is 1. The van der Waals surface area contributed by atoms with E-state index in [1.807, 2.05) is 21.1 Å². The van der Waals surface area contributed by atoms with Crippen LogP contribution in [0.3, 0.4) is 0 Å². The monoisotopic (exact) mass is 1070 g/mol. The highest BCUT2D eigenvalue weighted by molar-refractivity contribution is 7.45. The molecular weight excluding hydrogens is 954 g/mol. The van der Waals surface area contributed by atoms with E-state index in [0.717, 1.165) is 83.5 Å². The van der Waals surface area contributed by atoms with Gasteiger partial charge in [-0.3, -0.25) is 14.2 Å². The first-order valence-corrected chi connectivity index (χ1v) is 32.3. The van der Waals surface area contributed by atoms with Gasteiger partial charge >= 0.3 is 11.9 Å². The van der Waals surface area contributed by atoms with Crippen LogP contribution in [-0.4, -0.2) is 70.0 Å². The molecule has 0 bridgehead atoms. The highest BCUT2D eigenvalue weighted by atomic mass is 31.2. The number of hydrogen-bond acceptors (Lipinski definition) is 8. The number of carbonyl (C=O) groups is 2. The molecule has 0 rings (SSSR count). The predicted octanol–water partition coefficient (Wildman–Crippen LogP) is 18.8. The molecule has 0 N–H and O–H groups in total. The highest BCUT2D eigenvalue weighted by Crippen LogP contribution is 2.38. The van der Waals surface area contributed by atoms with E-state index in [9.17, 15) is 19.0 Å². The van der Waals surface area contributed by atoms with Gasteiger partial charge in [-0.05, 0) is 70.6 Å². The van der Waals surface area contributed by atoms with E-state index in [0.29, 0.717) is 17.4 Å². The van der Waals surface area contributed by atoms with E-state index in [-0.39, 0.29) is 32.0 Å². The molecule has 0 saturated heterocycles. The largest absolute Gasteiger partial charge is 0.756 e.